The molecular weight excluding hydrogens is 384 g/mol. The highest BCUT2D eigenvalue weighted by Crippen LogP contribution is 2.19. The Morgan fingerprint density at radius 3 is 2.81 bits per heavy atom. The zero-order chi connectivity index (χ0) is 19.1. The Labute approximate surface area is 165 Å². The Morgan fingerprint density at radius 2 is 2.04 bits per heavy atom. The van der Waals surface area contributed by atoms with Crippen LogP contribution in [0.4, 0.5) is 0 Å². The highest BCUT2D eigenvalue weighted by Gasteiger charge is 2.08. The molecule has 0 bridgehead atoms. The molecule has 27 heavy (non-hydrogen) atoms. The quantitative estimate of drug-likeness (QED) is 0.371. The Hall–Kier alpha value is -2.82. The van der Waals surface area contributed by atoms with Crippen molar-refractivity contribution >= 4 is 29.3 Å². The molecule has 0 unspecified atom stereocenters. The van der Waals surface area contributed by atoms with Gasteiger partial charge in [0.2, 0.25) is 5.16 Å². The van der Waals surface area contributed by atoms with Crippen LogP contribution in [0.5, 0.6) is 0 Å². The summed E-state index contributed by atoms with van der Waals surface area (Å²) in [4.78, 5) is 11.9. The van der Waals surface area contributed by atoms with E-state index in [1.165, 1.54) is 11.8 Å². The molecule has 0 amide bonds. The molecule has 0 fully saturated rings. The van der Waals surface area contributed by atoms with Crippen LogP contribution in [-0.2, 0) is 4.74 Å². The highest BCUT2D eigenvalue weighted by atomic mass is 35.5. The largest absolute Gasteiger partial charge is 0.449 e. The third-order valence-corrected chi connectivity index (χ3v) is 4.49. The SMILES string of the molecule is Cc1cccc(C(=O)OCC#CCSc2nnnn2-c2ccc(Cl)cc2)c1. The number of nitrogens with zero attached hydrogens (tertiary/aromatic N) is 4. The molecule has 0 aliphatic carbocycles. The Bertz CT molecular complexity index is 993. The molecule has 136 valence electrons. The Kier molecular flexibility index (Phi) is 6.47. The number of aromatic nitrogens is 4. The molecule has 0 radical (unpaired) electrons. The normalized spacial score (nSPS) is 10.1. The summed E-state index contributed by atoms with van der Waals surface area (Å²) in [6, 6.07) is 14.4. The third-order valence-electron chi connectivity index (χ3n) is 3.44. The Morgan fingerprint density at radius 1 is 1.22 bits per heavy atom. The van der Waals surface area contributed by atoms with Crippen molar-refractivity contribution in [2.75, 3.05) is 12.4 Å². The van der Waals surface area contributed by atoms with Crippen LogP contribution >= 0.6 is 23.4 Å². The molecule has 3 aromatic rings. The van der Waals surface area contributed by atoms with Gasteiger partial charge in [-0.15, -0.1) is 5.10 Å². The van der Waals surface area contributed by atoms with E-state index in [1.807, 2.05) is 31.2 Å². The van der Waals surface area contributed by atoms with Crippen LogP contribution in [0.25, 0.3) is 5.69 Å². The fourth-order valence-corrected chi connectivity index (χ4v) is 2.96. The standard InChI is InChI=1S/C19H15ClN4O2S/c1-14-5-4-6-15(13-14)18(25)26-11-2-3-12-27-19-21-22-23-24(19)17-9-7-16(20)8-10-17/h4-10,13H,11-12H2,1H3. The molecule has 0 saturated carbocycles. The van der Waals surface area contributed by atoms with E-state index < -0.39 is 0 Å². The van der Waals surface area contributed by atoms with E-state index in [1.54, 1.807) is 28.9 Å². The minimum Gasteiger partial charge on any atom is -0.449 e. The number of esters is 1. The monoisotopic (exact) mass is 398 g/mol. The van der Waals surface area contributed by atoms with Gasteiger partial charge in [-0.2, -0.15) is 4.68 Å². The van der Waals surface area contributed by atoms with Crippen molar-refractivity contribution in [1.29, 1.82) is 0 Å². The molecule has 6 nitrogen and oxygen atoms in total. The van der Waals surface area contributed by atoms with E-state index in [0.29, 0.717) is 21.5 Å². The predicted molar refractivity (Wildman–Crippen MR) is 104 cm³/mol. The lowest BCUT2D eigenvalue weighted by Gasteiger charge is -2.02. The maximum atomic E-state index is 11.9. The van der Waals surface area contributed by atoms with Crippen molar-refractivity contribution in [2.45, 2.75) is 12.1 Å². The summed E-state index contributed by atoms with van der Waals surface area (Å²) < 4.78 is 6.76. The number of tetrazole rings is 1. The lowest BCUT2D eigenvalue weighted by atomic mass is 10.1. The number of aryl methyl sites for hydroxylation is 1. The molecule has 0 N–H and O–H groups in total. The average Bonchev–Trinajstić information content (AvgIpc) is 3.13. The number of ether oxygens (including phenoxy) is 1. The molecule has 3 rings (SSSR count). The van der Waals surface area contributed by atoms with E-state index in [2.05, 4.69) is 27.4 Å². The van der Waals surface area contributed by atoms with Crippen molar-refractivity contribution in [3.8, 4) is 17.5 Å². The van der Waals surface area contributed by atoms with E-state index in [9.17, 15) is 4.79 Å². The van der Waals surface area contributed by atoms with Crippen LogP contribution in [0, 0.1) is 18.8 Å². The zero-order valence-electron chi connectivity index (χ0n) is 14.4. The smallest absolute Gasteiger partial charge is 0.339 e. The summed E-state index contributed by atoms with van der Waals surface area (Å²) in [5, 5.41) is 12.9. The van der Waals surface area contributed by atoms with E-state index >= 15 is 0 Å². The zero-order valence-corrected chi connectivity index (χ0v) is 16.0. The van der Waals surface area contributed by atoms with Crippen molar-refractivity contribution in [1.82, 2.24) is 20.2 Å². The predicted octanol–water partition coefficient (Wildman–Crippen LogP) is 3.58. The molecule has 0 atom stereocenters. The van der Waals surface area contributed by atoms with Gasteiger partial charge in [-0.05, 0) is 53.7 Å². The first-order chi connectivity index (χ1) is 13.1. The van der Waals surface area contributed by atoms with Crippen molar-refractivity contribution in [3.05, 3.63) is 64.7 Å². The summed E-state index contributed by atoms with van der Waals surface area (Å²) >= 11 is 7.28. The molecular formula is C19H15ClN4O2S. The second kappa shape index (κ2) is 9.21. The summed E-state index contributed by atoms with van der Waals surface area (Å²) in [5.74, 6) is 5.84. The van der Waals surface area contributed by atoms with Crippen molar-refractivity contribution < 1.29 is 9.53 Å². The summed E-state index contributed by atoms with van der Waals surface area (Å²) in [5.41, 5.74) is 2.34. The number of thioether (sulfide) groups is 1. The van der Waals surface area contributed by atoms with Crippen LogP contribution in [-0.4, -0.2) is 38.5 Å². The molecule has 0 aliphatic rings. The fraction of sp³-hybridized carbons (Fsp3) is 0.158. The number of carbonyl (C=O) groups excluding carboxylic acids is 1. The van der Waals surface area contributed by atoms with Gasteiger partial charge in [0.25, 0.3) is 0 Å². The summed E-state index contributed by atoms with van der Waals surface area (Å²) in [6.45, 7) is 1.96. The number of carbonyl (C=O) groups is 1. The van der Waals surface area contributed by atoms with E-state index in [4.69, 9.17) is 16.3 Å². The van der Waals surface area contributed by atoms with Gasteiger partial charge in [0.05, 0.1) is 17.0 Å². The molecule has 2 aromatic carbocycles. The minimum atomic E-state index is -0.382. The third kappa shape index (κ3) is 5.33. The molecule has 0 saturated heterocycles. The summed E-state index contributed by atoms with van der Waals surface area (Å²) in [6.07, 6.45) is 0. The first-order valence-electron chi connectivity index (χ1n) is 8.00. The summed E-state index contributed by atoms with van der Waals surface area (Å²) in [7, 11) is 0. The van der Waals surface area contributed by atoms with Gasteiger partial charge < -0.3 is 4.74 Å². The van der Waals surface area contributed by atoms with Gasteiger partial charge >= 0.3 is 5.97 Å². The fourth-order valence-electron chi connectivity index (χ4n) is 2.17. The Balaban J connectivity index is 1.49. The van der Waals surface area contributed by atoms with Gasteiger partial charge in [0.1, 0.15) is 0 Å². The first kappa shape index (κ1) is 19.0. The number of halogens is 1. The van der Waals surface area contributed by atoms with Gasteiger partial charge in [0, 0.05) is 5.02 Å². The number of rotatable bonds is 5. The lowest BCUT2D eigenvalue weighted by Crippen LogP contribution is -2.05. The van der Waals surface area contributed by atoms with Gasteiger partial charge in [-0.1, -0.05) is 52.9 Å². The van der Waals surface area contributed by atoms with Crippen LogP contribution in [0.2, 0.25) is 5.02 Å². The highest BCUT2D eigenvalue weighted by molar-refractivity contribution is 7.99. The van der Waals surface area contributed by atoms with Crippen LogP contribution in [0.1, 0.15) is 15.9 Å². The number of hydrogen-bond acceptors (Lipinski definition) is 6. The molecule has 1 heterocycles. The van der Waals surface area contributed by atoms with Crippen molar-refractivity contribution in [3.63, 3.8) is 0 Å². The van der Waals surface area contributed by atoms with Crippen LogP contribution in [0.15, 0.2) is 53.7 Å². The first-order valence-corrected chi connectivity index (χ1v) is 9.36. The van der Waals surface area contributed by atoms with Gasteiger partial charge in [-0.25, -0.2) is 4.79 Å². The minimum absolute atomic E-state index is 0.0372. The van der Waals surface area contributed by atoms with E-state index in [0.717, 1.165) is 11.3 Å². The second-order valence-electron chi connectivity index (χ2n) is 5.44. The van der Waals surface area contributed by atoms with E-state index in [-0.39, 0.29) is 12.6 Å². The van der Waals surface area contributed by atoms with Gasteiger partial charge in [-0.3, -0.25) is 0 Å². The van der Waals surface area contributed by atoms with Crippen LogP contribution in [0.3, 0.4) is 0 Å². The average molecular weight is 399 g/mol. The van der Waals surface area contributed by atoms with Crippen molar-refractivity contribution in [2.24, 2.45) is 0 Å². The molecule has 0 spiro atoms. The lowest BCUT2D eigenvalue weighted by molar-refractivity contribution is 0.0556. The number of hydrogen-bond donors (Lipinski definition) is 0. The second-order valence-corrected chi connectivity index (χ2v) is 6.82. The maximum Gasteiger partial charge on any atom is 0.339 e. The maximum absolute atomic E-state index is 11.9. The molecule has 1 aromatic heterocycles. The topological polar surface area (TPSA) is 69.9 Å². The molecule has 0 aliphatic heterocycles. The van der Waals surface area contributed by atoms with Gasteiger partial charge in [0.15, 0.2) is 6.61 Å². The van der Waals surface area contributed by atoms with Crippen LogP contribution < -0.4 is 0 Å². The number of benzene rings is 2. The molecule has 8 heteroatoms.